The van der Waals surface area contributed by atoms with Crippen molar-refractivity contribution >= 4 is 35.6 Å². The minimum Gasteiger partial charge on any atom is -0.493 e. The van der Waals surface area contributed by atoms with Crippen LogP contribution in [0.5, 0.6) is 11.5 Å². The van der Waals surface area contributed by atoms with Gasteiger partial charge in [0.2, 0.25) is 0 Å². The number of halogens is 1. The van der Waals surface area contributed by atoms with Gasteiger partial charge in [0, 0.05) is 57.6 Å². The number of piperazine rings is 1. The molecule has 31 heavy (non-hydrogen) atoms. The zero-order valence-corrected chi connectivity index (χ0v) is 20.7. The summed E-state index contributed by atoms with van der Waals surface area (Å²) in [6.07, 6.45) is 0.993. The van der Waals surface area contributed by atoms with Crippen LogP contribution in [0.4, 0.5) is 5.69 Å². The quantitative estimate of drug-likeness (QED) is 0.221. The highest BCUT2D eigenvalue weighted by atomic mass is 127. The molecule has 0 atom stereocenters. The summed E-state index contributed by atoms with van der Waals surface area (Å²) in [5.41, 5.74) is 8.23. The molecule has 0 unspecified atom stereocenters. The van der Waals surface area contributed by atoms with E-state index >= 15 is 0 Å². The maximum Gasteiger partial charge on any atom is 0.193 e. The fourth-order valence-corrected chi connectivity index (χ4v) is 3.61. The summed E-state index contributed by atoms with van der Waals surface area (Å²) in [6.45, 7) is 7.23. The Morgan fingerprint density at radius 3 is 2.32 bits per heavy atom. The number of aliphatic imine (C=N–C) groups is 1. The van der Waals surface area contributed by atoms with Crippen molar-refractivity contribution in [1.29, 1.82) is 0 Å². The van der Waals surface area contributed by atoms with Crippen LogP contribution in [0.15, 0.2) is 53.5 Å². The van der Waals surface area contributed by atoms with Gasteiger partial charge in [0.1, 0.15) is 0 Å². The monoisotopic (exact) mass is 539 g/mol. The standard InChI is InChI=1S/C23H33N5O2.HI/c1-29-21-10-9-20(17-22(21)30-2)26-23(24)25-11-6-12-27-13-15-28(16-14-27)18-19-7-4-3-5-8-19;/h3-5,7-10,17H,6,11-16,18H2,1-2H3,(H3,24,25,26);1H. The van der Waals surface area contributed by atoms with Gasteiger partial charge in [-0.3, -0.25) is 9.89 Å². The lowest BCUT2D eigenvalue weighted by Gasteiger charge is -2.34. The lowest BCUT2D eigenvalue weighted by molar-refractivity contribution is 0.127. The highest BCUT2D eigenvalue weighted by molar-refractivity contribution is 14.0. The van der Waals surface area contributed by atoms with Crippen LogP contribution in [0, 0.1) is 0 Å². The first kappa shape index (κ1) is 25.2. The Balaban J connectivity index is 0.00000341. The molecule has 1 aliphatic rings. The highest BCUT2D eigenvalue weighted by Gasteiger charge is 2.16. The molecule has 1 heterocycles. The van der Waals surface area contributed by atoms with Crippen LogP contribution in [0.1, 0.15) is 12.0 Å². The van der Waals surface area contributed by atoms with Crippen molar-refractivity contribution in [1.82, 2.24) is 9.80 Å². The van der Waals surface area contributed by atoms with E-state index in [1.165, 1.54) is 5.56 Å². The molecule has 7 nitrogen and oxygen atoms in total. The molecule has 0 amide bonds. The Morgan fingerprint density at radius 1 is 0.968 bits per heavy atom. The number of ether oxygens (including phenoxy) is 2. The van der Waals surface area contributed by atoms with E-state index in [9.17, 15) is 0 Å². The lowest BCUT2D eigenvalue weighted by Crippen LogP contribution is -2.46. The third-order valence-electron chi connectivity index (χ3n) is 5.28. The first-order valence-electron chi connectivity index (χ1n) is 10.5. The second-order valence-corrected chi connectivity index (χ2v) is 7.42. The number of nitrogens with zero attached hydrogens (tertiary/aromatic N) is 3. The minimum atomic E-state index is 0. The number of rotatable bonds is 9. The third-order valence-corrected chi connectivity index (χ3v) is 5.28. The molecule has 8 heteroatoms. The van der Waals surface area contributed by atoms with Crippen LogP contribution in [0.3, 0.4) is 0 Å². The number of nitrogens with two attached hydrogens (primary N) is 1. The molecule has 170 valence electrons. The molecule has 0 spiro atoms. The summed E-state index contributed by atoms with van der Waals surface area (Å²) in [6, 6.07) is 16.3. The van der Waals surface area contributed by atoms with Gasteiger partial charge in [-0.25, -0.2) is 0 Å². The number of hydrogen-bond acceptors (Lipinski definition) is 5. The first-order valence-corrected chi connectivity index (χ1v) is 10.5. The van der Waals surface area contributed by atoms with Gasteiger partial charge in [0.15, 0.2) is 17.5 Å². The minimum absolute atomic E-state index is 0. The summed E-state index contributed by atoms with van der Waals surface area (Å²) in [5.74, 6) is 1.75. The average molecular weight is 539 g/mol. The van der Waals surface area contributed by atoms with E-state index in [0.717, 1.165) is 51.4 Å². The van der Waals surface area contributed by atoms with Crippen molar-refractivity contribution in [2.75, 3.05) is 58.8 Å². The maximum atomic E-state index is 6.03. The molecule has 3 rings (SSSR count). The van der Waals surface area contributed by atoms with Gasteiger partial charge in [-0.2, -0.15) is 0 Å². The highest BCUT2D eigenvalue weighted by Crippen LogP contribution is 2.29. The van der Waals surface area contributed by atoms with Crippen LogP contribution in [0.25, 0.3) is 0 Å². The van der Waals surface area contributed by atoms with Gasteiger partial charge in [0.25, 0.3) is 0 Å². The zero-order chi connectivity index (χ0) is 21.2. The number of hydrogen-bond donors (Lipinski definition) is 2. The Morgan fingerprint density at radius 2 is 1.65 bits per heavy atom. The molecule has 0 bridgehead atoms. The molecule has 0 aromatic heterocycles. The fraction of sp³-hybridized carbons (Fsp3) is 0.435. The average Bonchev–Trinajstić information content (AvgIpc) is 2.78. The molecular weight excluding hydrogens is 505 g/mol. The van der Waals surface area contributed by atoms with Crippen molar-refractivity contribution in [3.8, 4) is 11.5 Å². The van der Waals surface area contributed by atoms with E-state index in [-0.39, 0.29) is 24.0 Å². The smallest absolute Gasteiger partial charge is 0.193 e. The maximum absolute atomic E-state index is 6.03. The molecule has 0 aliphatic carbocycles. The largest absolute Gasteiger partial charge is 0.493 e. The number of benzene rings is 2. The molecule has 1 aliphatic heterocycles. The molecule has 1 fully saturated rings. The Labute approximate surface area is 202 Å². The molecular formula is C23H34IN5O2. The molecule has 0 radical (unpaired) electrons. The van der Waals surface area contributed by atoms with Gasteiger partial charge < -0.3 is 25.4 Å². The van der Waals surface area contributed by atoms with Gasteiger partial charge in [-0.15, -0.1) is 24.0 Å². The summed E-state index contributed by atoms with van der Waals surface area (Å²) in [5, 5.41) is 3.11. The summed E-state index contributed by atoms with van der Waals surface area (Å²) in [4.78, 5) is 9.48. The van der Waals surface area contributed by atoms with Crippen LogP contribution < -0.4 is 20.5 Å². The summed E-state index contributed by atoms with van der Waals surface area (Å²) < 4.78 is 10.6. The first-order chi connectivity index (χ1) is 14.7. The third kappa shape index (κ3) is 8.19. The number of anilines is 1. The fourth-order valence-electron chi connectivity index (χ4n) is 3.61. The molecule has 0 saturated carbocycles. The number of guanidine groups is 1. The van der Waals surface area contributed by atoms with E-state index < -0.39 is 0 Å². The van der Waals surface area contributed by atoms with Crippen molar-refractivity contribution in [2.45, 2.75) is 13.0 Å². The van der Waals surface area contributed by atoms with Crippen LogP contribution in [-0.4, -0.2) is 69.2 Å². The Kier molecular flexibility index (Phi) is 10.9. The number of methoxy groups -OCH3 is 2. The SMILES string of the molecule is COc1ccc(NC(N)=NCCCN2CCN(Cc3ccccc3)CC2)cc1OC.I. The normalized spacial score (nSPS) is 15.2. The van der Waals surface area contributed by atoms with Crippen molar-refractivity contribution < 1.29 is 9.47 Å². The van der Waals surface area contributed by atoms with Gasteiger partial charge >= 0.3 is 0 Å². The predicted molar refractivity (Wildman–Crippen MR) is 138 cm³/mol. The van der Waals surface area contributed by atoms with Crippen molar-refractivity contribution in [3.63, 3.8) is 0 Å². The summed E-state index contributed by atoms with van der Waals surface area (Å²) in [7, 11) is 3.23. The Hall–Kier alpha value is -2.04. The van der Waals surface area contributed by atoms with Gasteiger partial charge in [0.05, 0.1) is 14.2 Å². The topological polar surface area (TPSA) is 75.4 Å². The van der Waals surface area contributed by atoms with E-state index in [4.69, 9.17) is 15.2 Å². The lowest BCUT2D eigenvalue weighted by atomic mass is 10.2. The van der Waals surface area contributed by atoms with Gasteiger partial charge in [-0.05, 0) is 24.1 Å². The molecule has 2 aromatic carbocycles. The molecule has 2 aromatic rings. The van der Waals surface area contributed by atoms with E-state index in [0.29, 0.717) is 24.0 Å². The summed E-state index contributed by atoms with van der Waals surface area (Å²) >= 11 is 0. The van der Waals surface area contributed by atoms with E-state index in [1.54, 1.807) is 14.2 Å². The van der Waals surface area contributed by atoms with E-state index in [2.05, 4.69) is 50.4 Å². The predicted octanol–water partition coefficient (Wildman–Crippen LogP) is 3.26. The second-order valence-electron chi connectivity index (χ2n) is 7.42. The zero-order valence-electron chi connectivity index (χ0n) is 18.4. The van der Waals surface area contributed by atoms with Crippen LogP contribution in [-0.2, 0) is 6.54 Å². The molecule has 3 N–H and O–H groups in total. The van der Waals surface area contributed by atoms with Crippen LogP contribution >= 0.6 is 24.0 Å². The van der Waals surface area contributed by atoms with Crippen LogP contribution in [0.2, 0.25) is 0 Å². The second kappa shape index (κ2) is 13.4. The Bertz CT molecular complexity index is 811. The number of nitrogens with one attached hydrogen (secondary N) is 1. The molecule has 1 saturated heterocycles. The van der Waals surface area contributed by atoms with Crippen molar-refractivity contribution in [2.24, 2.45) is 10.7 Å². The van der Waals surface area contributed by atoms with Crippen molar-refractivity contribution in [3.05, 3.63) is 54.1 Å². The van der Waals surface area contributed by atoms with Gasteiger partial charge in [-0.1, -0.05) is 30.3 Å². The van der Waals surface area contributed by atoms with E-state index in [1.807, 2.05) is 18.2 Å².